The van der Waals surface area contributed by atoms with E-state index in [1.807, 2.05) is 26.0 Å². The Morgan fingerprint density at radius 3 is 2.62 bits per heavy atom. The molecule has 0 saturated carbocycles. The zero-order chi connectivity index (χ0) is 17.7. The Bertz CT molecular complexity index is 715. The van der Waals surface area contributed by atoms with E-state index in [1.54, 1.807) is 24.3 Å². The summed E-state index contributed by atoms with van der Waals surface area (Å²) in [5, 5.41) is 3.56. The molecule has 0 aromatic heterocycles. The predicted octanol–water partition coefficient (Wildman–Crippen LogP) is 5.56. The molecular weight excluding hydrogens is 417 g/mol. The first-order valence-electron chi connectivity index (χ1n) is 7.19. The minimum Gasteiger partial charge on any atom is -0.489 e. The van der Waals surface area contributed by atoms with E-state index in [0.717, 1.165) is 0 Å². The van der Waals surface area contributed by atoms with E-state index in [9.17, 15) is 4.79 Å². The number of rotatable bonds is 6. The van der Waals surface area contributed by atoms with Crippen LogP contribution in [0, 0.1) is 0 Å². The highest BCUT2D eigenvalue weighted by molar-refractivity contribution is 9.10. The molecule has 0 heterocycles. The number of halogens is 3. The van der Waals surface area contributed by atoms with Crippen molar-refractivity contribution in [2.75, 3.05) is 11.9 Å². The Hall–Kier alpha value is -1.43. The van der Waals surface area contributed by atoms with Gasteiger partial charge in [0.25, 0.3) is 5.91 Å². The van der Waals surface area contributed by atoms with Crippen molar-refractivity contribution >= 4 is 50.7 Å². The number of hydrogen-bond donors (Lipinski definition) is 1. The Kier molecular flexibility index (Phi) is 6.78. The molecule has 0 atom stereocenters. The standard InChI is InChI=1S/C17H16BrCl2NO3/c1-10(2)24-15-6-4-3-5-14(15)21-16(22)9-23-17-12(18)7-11(19)8-13(17)20/h3-8,10H,9H2,1-2H3,(H,21,22). The van der Waals surface area contributed by atoms with Gasteiger partial charge in [0, 0.05) is 5.02 Å². The van der Waals surface area contributed by atoms with E-state index < -0.39 is 0 Å². The number of carbonyl (C=O) groups is 1. The molecule has 0 fully saturated rings. The lowest BCUT2D eigenvalue weighted by Crippen LogP contribution is -2.21. The fourth-order valence-corrected chi connectivity index (χ4v) is 3.29. The van der Waals surface area contributed by atoms with Crippen LogP contribution in [0.2, 0.25) is 10.0 Å². The lowest BCUT2D eigenvalue weighted by molar-refractivity contribution is -0.118. The molecule has 24 heavy (non-hydrogen) atoms. The third kappa shape index (κ3) is 5.30. The Labute approximate surface area is 159 Å². The van der Waals surface area contributed by atoms with E-state index >= 15 is 0 Å². The molecule has 128 valence electrons. The van der Waals surface area contributed by atoms with Crippen LogP contribution in [0.25, 0.3) is 0 Å². The molecule has 1 N–H and O–H groups in total. The number of amides is 1. The van der Waals surface area contributed by atoms with Gasteiger partial charge in [-0.25, -0.2) is 0 Å². The maximum absolute atomic E-state index is 12.1. The average Bonchev–Trinajstić information content (AvgIpc) is 2.47. The van der Waals surface area contributed by atoms with E-state index in [2.05, 4.69) is 21.2 Å². The number of ether oxygens (including phenoxy) is 2. The van der Waals surface area contributed by atoms with Gasteiger partial charge in [-0.2, -0.15) is 0 Å². The number of benzene rings is 2. The van der Waals surface area contributed by atoms with Gasteiger partial charge in [-0.05, 0) is 54.0 Å². The minimum atomic E-state index is -0.326. The SMILES string of the molecule is CC(C)Oc1ccccc1NC(=O)COc1c(Cl)cc(Cl)cc1Br. The van der Waals surface area contributed by atoms with Crippen molar-refractivity contribution in [2.24, 2.45) is 0 Å². The summed E-state index contributed by atoms with van der Waals surface area (Å²) in [6.07, 6.45) is 0.00290. The molecule has 0 unspecified atom stereocenters. The van der Waals surface area contributed by atoms with Crippen molar-refractivity contribution in [1.82, 2.24) is 0 Å². The van der Waals surface area contributed by atoms with E-state index in [4.69, 9.17) is 32.7 Å². The Balaban J connectivity index is 2.02. The van der Waals surface area contributed by atoms with E-state index in [-0.39, 0.29) is 18.6 Å². The molecule has 2 aromatic rings. The van der Waals surface area contributed by atoms with Crippen LogP contribution >= 0.6 is 39.1 Å². The van der Waals surface area contributed by atoms with Gasteiger partial charge >= 0.3 is 0 Å². The Morgan fingerprint density at radius 1 is 1.25 bits per heavy atom. The summed E-state index contributed by atoms with van der Waals surface area (Å²) in [4.78, 5) is 12.1. The normalized spacial score (nSPS) is 10.6. The van der Waals surface area contributed by atoms with Gasteiger partial charge in [0.1, 0.15) is 5.75 Å². The number of anilines is 1. The molecule has 4 nitrogen and oxygen atoms in total. The summed E-state index contributed by atoms with van der Waals surface area (Å²) in [5.41, 5.74) is 0.584. The zero-order valence-corrected chi connectivity index (χ0v) is 16.2. The molecule has 0 aliphatic heterocycles. The smallest absolute Gasteiger partial charge is 0.262 e. The number of nitrogens with one attached hydrogen (secondary N) is 1. The summed E-state index contributed by atoms with van der Waals surface area (Å²) in [7, 11) is 0. The highest BCUT2D eigenvalue weighted by Crippen LogP contribution is 2.36. The number of para-hydroxylation sites is 2. The van der Waals surface area contributed by atoms with Crippen LogP contribution in [0.5, 0.6) is 11.5 Å². The van der Waals surface area contributed by atoms with Crippen molar-refractivity contribution in [2.45, 2.75) is 20.0 Å². The first-order chi connectivity index (χ1) is 11.4. The zero-order valence-electron chi connectivity index (χ0n) is 13.1. The maximum atomic E-state index is 12.1. The number of hydrogen-bond acceptors (Lipinski definition) is 3. The van der Waals surface area contributed by atoms with Crippen molar-refractivity contribution < 1.29 is 14.3 Å². The highest BCUT2D eigenvalue weighted by atomic mass is 79.9. The van der Waals surface area contributed by atoms with Gasteiger partial charge in [0.2, 0.25) is 0 Å². The molecule has 0 radical (unpaired) electrons. The summed E-state index contributed by atoms with van der Waals surface area (Å²) in [6, 6.07) is 10.4. The van der Waals surface area contributed by atoms with Gasteiger partial charge in [0.15, 0.2) is 12.4 Å². The summed E-state index contributed by atoms with van der Waals surface area (Å²) in [6.45, 7) is 3.64. The van der Waals surface area contributed by atoms with Crippen LogP contribution in [-0.4, -0.2) is 18.6 Å². The lowest BCUT2D eigenvalue weighted by Gasteiger charge is -2.15. The molecule has 0 saturated heterocycles. The monoisotopic (exact) mass is 431 g/mol. The predicted molar refractivity (Wildman–Crippen MR) is 100 cm³/mol. The van der Waals surface area contributed by atoms with Crippen LogP contribution in [0.3, 0.4) is 0 Å². The van der Waals surface area contributed by atoms with Crippen LogP contribution < -0.4 is 14.8 Å². The third-order valence-corrected chi connectivity index (χ3v) is 3.92. The molecule has 0 aliphatic rings. The maximum Gasteiger partial charge on any atom is 0.262 e. The molecule has 2 aromatic carbocycles. The summed E-state index contributed by atoms with van der Waals surface area (Å²) >= 11 is 15.3. The molecule has 0 spiro atoms. The van der Waals surface area contributed by atoms with Gasteiger partial charge in [0.05, 0.1) is 21.3 Å². The topological polar surface area (TPSA) is 47.6 Å². The molecule has 0 bridgehead atoms. The molecular formula is C17H16BrCl2NO3. The van der Waals surface area contributed by atoms with Crippen LogP contribution in [-0.2, 0) is 4.79 Å². The Morgan fingerprint density at radius 2 is 1.96 bits per heavy atom. The second-order valence-corrected chi connectivity index (χ2v) is 6.90. The molecule has 7 heteroatoms. The van der Waals surface area contributed by atoms with Crippen molar-refractivity contribution in [3.8, 4) is 11.5 Å². The fourth-order valence-electron chi connectivity index (χ4n) is 1.92. The van der Waals surface area contributed by atoms with Gasteiger partial charge < -0.3 is 14.8 Å². The number of carbonyl (C=O) groups excluding carboxylic acids is 1. The largest absolute Gasteiger partial charge is 0.489 e. The van der Waals surface area contributed by atoms with Crippen molar-refractivity contribution in [1.29, 1.82) is 0 Å². The summed E-state index contributed by atoms with van der Waals surface area (Å²) in [5.74, 6) is 0.641. The first kappa shape index (κ1) is 18.9. The van der Waals surface area contributed by atoms with Crippen LogP contribution in [0.1, 0.15) is 13.8 Å². The first-order valence-corrected chi connectivity index (χ1v) is 8.74. The highest BCUT2D eigenvalue weighted by Gasteiger charge is 2.13. The third-order valence-electron chi connectivity index (χ3n) is 2.83. The second kappa shape index (κ2) is 8.60. The lowest BCUT2D eigenvalue weighted by atomic mass is 10.3. The minimum absolute atomic E-state index is 0.00290. The van der Waals surface area contributed by atoms with Crippen molar-refractivity contribution in [3.05, 3.63) is 50.9 Å². The molecule has 2 rings (SSSR count). The average molecular weight is 433 g/mol. The van der Waals surface area contributed by atoms with Crippen LogP contribution in [0.4, 0.5) is 5.69 Å². The van der Waals surface area contributed by atoms with E-state index in [0.29, 0.717) is 31.7 Å². The summed E-state index contributed by atoms with van der Waals surface area (Å²) < 4.78 is 11.7. The van der Waals surface area contributed by atoms with Gasteiger partial charge in [-0.1, -0.05) is 35.3 Å². The van der Waals surface area contributed by atoms with Crippen LogP contribution in [0.15, 0.2) is 40.9 Å². The van der Waals surface area contributed by atoms with Gasteiger partial charge in [-0.15, -0.1) is 0 Å². The van der Waals surface area contributed by atoms with E-state index in [1.165, 1.54) is 0 Å². The molecule has 0 aliphatic carbocycles. The van der Waals surface area contributed by atoms with Crippen molar-refractivity contribution in [3.63, 3.8) is 0 Å². The molecule has 1 amide bonds. The second-order valence-electron chi connectivity index (χ2n) is 5.20. The fraction of sp³-hybridized carbons (Fsp3) is 0.235. The quantitative estimate of drug-likeness (QED) is 0.649. The van der Waals surface area contributed by atoms with Gasteiger partial charge in [-0.3, -0.25) is 4.79 Å².